The number of piperidine rings is 1. The Morgan fingerprint density at radius 1 is 1.23 bits per heavy atom. The third kappa shape index (κ3) is 1.64. The number of halogens is 1. The highest BCUT2D eigenvalue weighted by Gasteiger charge is 2.74. The smallest absolute Gasteiger partial charge is 0.165 e. The van der Waals surface area contributed by atoms with Gasteiger partial charge in [-0.05, 0) is 62.6 Å². The van der Waals surface area contributed by atoms with E-state index in [0.717, 1.165) is 24.2 Å². The van der Waals surface area contributed by atoms with Crippen molar-refractivity contribution in [3.8, 4) is 11.5 Å². The first-order valence-corrected chi connectivity index (χ1v) is 10.2. The molecule has 2 heterocycles. The number of ether oxygens (including phenoxy) is 1. The molecule has 5 atom stereocenters. The SMILES string of the molecule is Oc1ccc2c3c1OC1C(O)CC[C@@]4(F)[C@@H](C2)N(CC2CCC2)CC[C@]314. The molecule has 0 radical (unpaired) electrons. The molecule has 26 heavy (non-hydrogen) atoms. The maximum absolute atomic E-state index is 16.9. The van der Waals surface area contributed by atoms with E-state index < -0.39 is 23.3 Å². The number of nitrogens with zero attached hydrogens (tertiary/aromatic N) is 1. The van der Waals surface area contributed by atoms with Crippen LogP contribution in [-0.2, 0) is 11.8 Å². The molecule has 2 bridgehead atoms. The summed E-state index contributed by atoms with van der Waals surface area (Å²) in [4.78, 5) is 2.40. The fourth-order valence-electron chi connectivity index (χ4n) is 6.77. The Bertz CT molecular complexity index is 781. The van der Waals surface area contributed by atoms with E-state index in [9.17, 15) is 10.2 Å². The number of hydrogen-bond acceptors (Lipinski definition) is 4. The number of aliphatic hydroxyl groups is 1. The molecule has 6 rings (SSSR count). The van der Waals surface area contributed by atoms with Crippen LogP contribution in [0.2, 0.25) is 0 Å². The van der Waals surface area contributed by atoms with E-state index in [4.69, 9.17) is 4.74 Å². The van der Waals surface area contributed by atoms with Gasteiger partial charge in [-0.3, -0.25) is 4.90 Å². The number of hydrogen-bond donors (Lipinski definition) is 2. The molecule has 1 aromatic carbocycles. The summed E-state index contributed by atoms with van der Waals surface area (Å²) >= 11 is 0. The molecule has 2 aliphatic heterocycles. The Hall–Kier alpha value is -1.33. The van der Waals surface area contributed by atoms with Crippen LogP contribution >= 0.6 is 0 Å². The largest absolute Gasteiger partial charge is 0.504 e. The van der Waals surface area contributed by atoms with Gasteiger partial charge in [-0.15, -0.1) is 0 Å². The van der Waals surface area contributed by atoms with Crippen LogP contribution in [0.5, 0.6) is 11.5 Å². The lowest BCUT2D eigenvalue weighted by atomic mass is 9.49. The van der Waals surface area contributed by atoms with Crippen molar-refractivity contribution in [3.63, 3.8) is 0 Å². The monoisotopic (exact) mass is 359 g/mol. The molecule has 1 saturated heterocycles. The highest BCUT2D eigenvalue weighted by molar-refractivity contribution is 5.62. The number of alkyl halides is 1. The van der Waals surface area contributed by atoms with Gasteiger partial charge in [-0.25, -0.2) is 4.39 Å². The summed E-state index contributed by atoms with van der Waals surface area (Å²) in [6.07, 6.45) is 4.76. The third-order valence-corrected chi connectivity index (χ3v) is 8.19. The molecule has 4 nitrogen and oxygen atoms in total. The summed E-state index contributed by atoms with van der Waals surface area (Å²) in [5.41, 5.74) is -0.216. The number of phenols is 1. The Kier molecular flexibility index (Phi) is 2.98. The Morgan fingerprint density at radius 3 is 2.85 bits per heavy atom. The molecule has 2 unspecified atom stereocenters. The van der Waals surface area contributed by atoms with Crippen molar-refractivity contribution in [2.24, 2.45) is 5.92 Å². The predicted octanol–water partition coefficient (Wildman–Crippen LogP) is 2.68. The number of benzene rings is 1. The highest BCUT2D eigenvalue weighted by Crippen LogP contribution is 2.66. The van der Waals surface area contributed by atoms with Crippen molar-refractivity contribution in [1.82, 2.24) is 4.90 Å². The quantitative estimate of drug-likeness (QED) is 0.853. The molecule has 2 saturated carbocycles. The third-order valence-electron chi connectivity index (χ3n) is 8.19. The lowest BCUT2D eigenvalue weighted by Crippen LogP contribution is -2.75. The van der Waals surface area contributed by atoms with Crippen LogP contribution in [0.1, 0.15) is 49.7 Å². The maximum Gasteiger partial charge on any atom is 0.165 e. The van der Waals surface area contributed by atoms with E-state index in [-0.39, 0.29) is 11.8 Å². The van der Waals surface area contributed by atoms with Crippen molar-refractivity contribution < 1.29 is 19.3 Å². The van der Waals surface area contributed by atoms with Gasteiger partial charge in [-0.1, -0.05) is 12.5 Å². The summed E-state index contributed by atoms with van der Waals surface area (Å²) < 4.78 is 23.0. The van der Waals surface area contributed by atoms with Gasteiger partial charge in [0.05, 0.1) is 11.5 Å². The summed E-state index contributed by atoms with van der Waals surface area (Å²) in [6.45, 7) is 1.86. The van der Waals surface area contributed by atoms with E-state index in [2.05, 4.69) is 4.90 Å². The van der Waals surface area contributed by atoms with Crippen molar-refractivity contribution >= 4 is 0 Å². The minimum atomic E-state index is -1.38. The average Bonchev–Trinajstić information content (AvgIpc) is 2.93. The Labute approximate surface area is 153 Å². The number of aliphatic hydroxyl groups excluding tert-OH is 1. The zero-order valence-electron chi connectivity index (χ0n) is 15.0. The minimum absolute atomic E-state index is 0.0809. The molecule has 1 aromatic rings. The topological polar surface area (TPSA) is 52.9 Å². The first kappa shape index (κ1) is 15.7. The summed E-state index contributed by atoms with van der Waals surface area (Å²) in [5.74, 6) is 1.23. The molecule has 0 amide bonds. The first-order chi connectivity index (χ1) is 12.5. The van der Waals surface area contributed by atoms with Crippen LogP contribution in [0.15, 0.2) is 12.1 Å². The maximum atomic E-state index is 16.9. The second-order valence-electron chi connectivity index (χ2n) is 9.19. The van der Waals surface area contributed by atoms with Crippen molar-refractivity contribution in [1.29, 1.82) is 0 Å². The van der Waals surface area contributed by atoms with Crippen molar-refractivity contribution in [3.05, 3.63) is 23.3 Å². The minimum Gasteiger partial charge on any atom is -0.504 e. The number of phenolic OH excluding ortho intramolecular Hbond substituents is 1. The standard InChI is InChI=1S/C21H26FNO3/c22-21-7-6-15(25)19-20(21)8-9-23(11-12-2-1-3-12)16(21)10-13-4-5-14(24)18(26-19)17(13)20/h4-5,12,15-16,19,24-25H,1-3,6-11H2/t15?,16-,19?,20+,21-/m1/s1. The van der Waals surface area contributed by atoms with Gasteiger partial charge in [0.1, 0.15) is 11.8 Å². The van der Waals surface area contributed by atoms with Crippen LogP contribution < -0.4 is 4.74 Å². The second-order valence-corrected chi connectivity index (χ2v) is 9.19. The molecule has 5 heteroatoms. The molecule has 3 fully saturated rings. The molecule has 2 N–H and O–H groups in total. The zero-order chi connectivity index (χ0) is 17.7. The Morgan fingerprint density at radius 2 is 2.08 bits per heavy atom. The van der Waals surface area contributed by atoms with Gasteiger partial charge < -0.3 is 14.9 Å². The van der Waals surface area contributed by atoms with E-state index in [0.29, 0.717) is 37.4 Å². The number of rotatable bonds is 2. The van der Waals surface area contributed by atoms with Gasteiger partial charge in [-0.2, -0.15) is 0 Å². The average molecular weight is 359 g/mol. The van der Waals surface area contributed by atoms with Crippen molar-refractivity contribution in [2.45, 2.75) is 74.3 Å². The molecule has 0 aromatic heterocycles. The van der Waals surface area contributed by atoms with E-state index in [1.807, 2.05) is 6.07 Å². The van der Waals surface area contributed by atoms with Gasteiger partial charge in [0, 0.05) is 18.2 Å². The normalized spacial score (nSPS) is 43.5. The zero-order valence-corrected chi connectivity index (χ0v) is 15.0. The Balaban J connectivity index is 1.52. The highest BCUT2D eigenvalue weighted by atomic mass is 19.1. The number of likely N-dealkylation sites (tertiary alicyclic amines) is 1. The van der Waals surface area contributed by atoms with Gasteiger partial charge in [0.2, 0.25) is 0 Å². The van der Waals surface area contributed by atoms with E-state index >= 15 is 4.39 Å². The van der Waals surface area contributed by atoms with Crippen LogP contribution in [0, 0.1) is 5.92 Å². The second kappa shape index (κ2) is 4.93. The lowest BCUT2D eigenvalue weighted by Gasteiger charge is -2.62. The van der Waals surface area contributed by atoms with Gasteiger partial charge in [0.25, 0.3) is 0 Å². The van der Waals surface area contributed by atoms with Crippen LogP contribution in [0.4, 0.5) is 4.39 Å². The van der Waals surface area contributed by atoms with Crippen LogP contribution in [0.3, 0.4) is 0 Å². The fraction of sp³-hybridized carbons (Fsp3) is 0.714. The summed E-state index contributed by atoms with van der Waals surface area (Å²) in [7, 11) is 0. The summed E-state index contributed by atoms with van der Waals surface area (Å²) in [6, 6.07) is 3.48. The molecule has 140 valence electrons. The molecule has 3 aliphatic carbocycles. The molecular weight excluding hydrogens is 333 g/mol. The predicted molar refractivity (Wildman–Crippen MR) is 94.3 cm³/mol. The van der Waals surface area contributed by atoms with Gasteiger partial charge in [0.15, 0.2) is 11.5 Å². The number of aromatic hydroxyl groups is 1. The molecule has 5 aliphatic rings. The van der Waals surface area contributed by atoms with Gasteiger partial charge >= 0.3 is 0 Å². The molecular formula is C21H26FNO3. The van der Waals surface area contributed by atoms with E-state index in [1.165, 1.54) is 19.3 Å². The fourth-order valence-corrected chi connectivity index (χ4v) is 6.77. The van der Waals surface area contributed by atoms with Crippen LogP contribution in [-0.4, -0.2) is 52.1 Å². The van der Waals surface area contributed by atoms with E-state index in [1.54, 1.807) is 6.07 Å². The van der Waals surface area contributed by atoms with Crippen LogP contribution in [0.25, 0.3) is 0 Å². The summed E-state index contributed by atoms with van der Waals surface area (Å²) in [5, 5.41) is 21.0. The molecule has 1 spiro atoms. The van der Waals surface area contributed by atoms with Crippen molar-refractivity contribution in [2.75, 3.05) is 13.1 Å². The first-order valence-electron chi connectivity index (χ1n) is 10.2. The lowest BCUT2D eigenvalue weighted by molar-refractivity contribution is -0.173.